The van der Waals surface area contributed by atoms with E-state index in [2.05, 4.69) is 20.4 Å². The maximum Gasteiger partial charge on any atom is 0.453 e. The molecule has 0 saturated heterocycles. The lowest BCUT2D eigenvalue weighted by molar-refractivity contribution is -0.144. The van der Waals surface area contributed by atoms with Crippen molar-refractivity contribution < 1.29 is 27.5 Å². The summed E-state index contributed by atoms with van der Waals surface area (Å²) in [5.74, 6) is -2.23. The van der Waals surface area contributed by atoms with Crippen LogP contribution in [0.3, 0.4) is 0 Å². The van der Waals surface area contributed by atoms with Crippen LogP contribution in [0.4, 0.5) is 18.2 Å². The zero-order valence-electron chi connectivity index (χ0n) is 18.9. The van der Waals surface area contributed by atoms with Gasteiger partial charge in [-0.3, -0.25) is 4.79 Å². The van der Waals surface area contributed by atoms with Gasteiger partial charge >= 0.3 is 12.1 Å². The fourth-order valence-corrected chi connectivity index (χ4v) is 4.78. The molecule has 1 N–H and O–H groups in total. The second-order valence-electron chi connectivity index (χ2n) is 7.37. The molecule has 33 heavy (non-hydrogen) atoms. The van der Waals surface area contributed by atoms with Gasteiger partial charge in [0.1, 0.15) is 5.00 Å². The van der Waals surface area contributed by atoms with Crippen LogP contribution in [0.15, 0.2) is 0 Å². The summed E-state index contributed by atoms with van der Waals surface area (Å²) >= 11 is 1.31. The molecule has 0 bridgehead atoms. The van der Waals surface area contributed by atoms with Crippen molar-refractivity contribution in [3.05, 3.63) is 38.8 Å². The number of rotatable bonds is 7. The van der Waals surface area contributed by atoms with E-state index in [1.54, 1.807) is 20.8 Å². The number of aryl methyl sites for hydroxylation is 3. The Hall–Kier alpha value is -3.02. The Labute approximate surface area is 192 Å². The monoisotopic (exact) mass is 483 g/mol. The van der Waals surface area contributed by atoms with Crippen LogP contribution in [-0.4, -0.2) is 38.1 Å². The summed E-state index contributed by atoms with van der Waals surface area (Å²) in [6.45, 7) is 8.99. The molecular weight excluding hydrogens is 459 g/mol. The number of esters is 1. The maximum atomic E-state index is 13.0. The number of aromatic nitrogens is 4. The maximum absolute atomic E-state index is 13.0. The number of carbonyl (C=O) groups excluding carboxylic acids is 2. The van der Waals surface area contributed by atoms with Gasteiger partial charge in [-0.2, -0.15) is 18.2 Å². The first-order chi connectivity index (χ1) is 15.5. The highest BCUT2D eigenvalue weighted by Crippen LogP contribution is 2.34. The fourth-order valence-electron chi connectivity index (χ4n) is 3.63. The van der Waals surface area contributed by atoms with E-state index < -0.39 is 18.0 Å². The Morgan fingerprint density at radius 3 is 2.42 bits per heavy atom. The van der Waals surface area contributed by atoms with Gasteiger partial charge in [-0.1, -0.05) is 6.92 Å². The summed E-state index contributed by atoms with van der Waals surface area (Å²) in [6, 6.07) is 0. The molecule has 0 aromatic carbocycles. The molecule has 3 aromatic heterocycles. The minimum Gasteiger partial charge on any atom is -0.462 e. The molecule has 12 heteroatoms. The molecule has 1 amide bonds. The van der Waals surface area contributed by atoms with E-state index in [0.717, 1.165) is 15.0 Å². The summed E-state index contributed by atoms with van der Waals surface area (Å²) in [5, 5.41) is 6.74. The number of anilines is 1. The second kappa shape index (κ2) is 9.46. The minimum absolute atomic E-state index is 0.0381. The summed E-state index contributed by atoms with van der Waals surface area (Å²) in [7, 11) is 0. The number of ether oxygens (including phenoxy) is 1. The largest absolute Gasteiger partial charge is 0.462 e. The fraction of sp³-hybridized carbons (Fsp3) is 0.476. The number of thiophene rings is 1. The number of fused-ring (bicyclic) bond motifs is 1. The molecule has 0 radical (unpaired) electrons. The van der Waals surface area contributed by atoms with Crippen LogP contribution in [0.2, 0.25) is 0 Å². The van der Waals surface area contributed by atoms with Gasteiger partial charge in [0, 0.05) is 22.7 Å². The predicted molar refractivity (Wildman–Crippen MR) is 117 cm³/mol. The Bertz CT molecular complexity index is 1220. The van der Waals surface area contributed by atoms with Crippen LogP contribution >= 0.6 is 11.3 Å². The van der Waals surface area contributed by atoms with Crippen molar-refractivity contribution in [1.82, 2.24) is 19.6 Å². The van der Waals surface area contributed by atoms with Gasteiger partial charge in [-0.15, -0.1) is 16.4 Å². The smallest absolute Gasteiger partial charge is 0.453 e. The standard InChI is InChI=1S/C21H24F3N5O3S/c1-6-13-12(5)33-17(16(13)18(31)32-7-2)26-15(30)9-8-14-10(3)25-20-27-19(21(22,23)24)28-29(20)11(14)4/h6-9H2,1-5H3,(H,26,30). The Morgan fingerprint density at radius 1 is 1.12 bits per heavy atom. The lowest BCUT2D eigenvalue weighted by Gasteiger charge is -2.11. The van der Waals surface area contributed by atoms with Gasteiger partial charge in [-0.05, 0) is 51.7 Å². The van der Waals surface area contributed by atoms with E-state index in [1.165, 1.54) is 11.3 Å². The van der Waals surface area contributed by atoms with E-state index in [4.69, 9.17) is 4.74 Å². The van der Waals surface area contributed by atoms with Crippen molar-refractivity contribution in [3.8, 4) is 0 Å². The van der Waals surface area contributed by atoms with Gasteiger partial charge < -0.3 is 10.1 Å². The van der Waals surface area contributed by atoms with Crippen LogP contribution in [0.1, 0.15) is 63.8 Å². The molecule has 0 saturated carbocycles. The molecule has 0 aliphatic rings. The number of hydrogen-bond acceptors (Lipinski definition) is 7. The Morgan fingerprint density at radius 2 is 1.82 bits per heavy atom. The number of nitrogens with zero attached hydrogens (tertiary/aromatic N) is 4. The van der Waals surface area contributed by atoms with E-state index in [9.17, 15) is 22.8 Å². The molecule has 178 valence electrons. The molecule has 3 heterocycles. The lowest BCUT2D eigenvalue weighted by Crippen LogP contribution is -2.16. The molecule has 3 aromatic rings. The second-order valence-corrected chi connectivity index (χ2v) is 8.59. The van der Waals surface area contributed by atoms with E-state index >= 15 is 0 Å². The number of nitrogens with one attached hydrogen (secondary N) is 1. The summed E-state index contributed by atoms with van der Waals surface area (Å²) < 4.78 is 45.1. The Kier molecular flexibility index (Phi) is 7.06. The van der Waals surface area contributed by atoms with Crippen molar-refractivity contribution in [2.75, 3.05) is 11.9 Å². The van der Waals surface area contributed by atoms with Crippen molar-refractivity contribution in [2.24, 2.45) is 0 Å². The molecular formula is C21H24F3N5O3S. The average molecular weight is 484 g/mol. The first-order valence-electron chi connectivity index (χ1n) is 10.4. The van der Waals surface area contributed by atoms with E-state index in [1.807, 2.05) is 13.8 Å². The topological polar surface area (TPSA) is 98.5 Å². The van der Waals surface area contributed by atoms with Crippen LogP contribution in [0.25, 0.3) is 5.78 Å². The zero-order valence-corrected chi connectivity index (χ0v) is 19.7. The van der Waals surface area contributed by atoms with Gasteiger partial charge in [0.25, 0.3) is 11.6 Å². The number of alkyl halides is 3. The van der Waals surface area contributed by atoms with Crippen molar-refractivity contribution >= 4 is 34.0 Å². The van der Waals surface area contributed by atoms with Crippen molar-refractivity contribution in [3.63, 3.8) is 0 Å². The lowest BCUT2D eigenvalue weighted by atomic mass is 10.1. The third kappa shape index (κ3) is 5.00. The van der Waals surface area contributed by atoms with Crippen LogP contribution in [0.5, 0.6) is 0 Å². The SMILES string of the molecule is CCOC(=O)c1c(NC(=O)CCc2c(C)nc3nc(C(F)(F)F)nn3c2C)sc(C)c1CC. The summed E-state index contributed by atoms with van der Waals surface area (Å²) in [4.78, 5) is 33.6. The predicted octanol–water partition coefficient (Wildman–Crippen LogP) is 4.44. The molecule has 0 spiro atoms. The van der Waals surface area contributed by atoms with E-state index in [0.29, 0.717) is 33.9 Å². The van der Waals surface area contributed by atoms with Gasteiger partial charge in [0.15, 0.2) is 0 Å². The first-order valence-corrected chi connectivity index (χ1v) is 11.2. The summed E-state index contributed by atoms with van der Waals surface area (Å²) in [5.41, 5.74) is 2.72. The minimum atomic E-state index is -4.68. The molecule has 0 aliphatic carbocycles. The number of halogens is 3. The highest BCUT2D eigenvalue weighted by molar-refractivity contribution is 7.16. The highest BCUT2D eigenvalue weighted by atomic mass is 32.1. The number of hydrogen-bond donors (Lipinski definition) is 1. The number of carbonyl (C=O) groups is 2. The molecule has 8 nitrogen and oxygen atoms in total. The summed E-state index contributed by atoms with van der Waals surface area (Å²) in [6.07, 6.45) is -3.79. The van der Waals surface area contributed by atoms with Crippen LogP contribution in [0, 0.1) is 20.8 Å². The highest BCUT2D eigenvalue weighted by Gasteiger charge is 2.37. The quantitative estimate of drug-likeness (QED) is 0.499. The molecule has 0 aliphatic heterocycles. The molecule has 0 unspecified atom stereocenters. The van der Waals surface area contributed by atoms with Gasteiger partial charge in [0.05, 0.1) is 12.2 Å². The average Bonchev–Trinajstić information content (AvgIpc) is 3.28. The molecule has 3 rings (SSSR count). The van der Waals surface area contributed by atoms with Gasteiger partial charge in [0.2, 0.25) is 5.91 Å². The third-order valence-corrected chi connectivity index (χ3v) is 6.26. The normalized spacial score (nSPS) is 11.8. The van der Waals surface area contributed by atoms with Crippen molar-refractivity contribution in [2.45, 2.75) is 60.1 Å². The van der Waals surface area contributed by atoms with Crippen LogP contribution < -0.4 is 5.32 Å². The van der Waals surface area contributed by atoms with Gasteiger partial charge in [-0.25, -0.2) is 14.3 Å². The third-order valence-electron chi connectivity index (χ3n) is 5.20. The zero-order chi connectivity index (χ0) is 24.5. The number of amides is 1. The first kappa shape index (κ1) is 24.6. The molecule has 0 fully saturated rings. The van der Waals surface area contributed by atoms with E-state index in [-0.39, 0.29) is 31.1 Å². The van der Waals surface area contributed by atoms with Crippen molar-refractivity contribution in [1.29, 1.82) is 0 Å². The van der Waals surface area contributed by atoms with Crippen LogP contribution in [-0.2, 0) is 28.5 Å². The molecule has 0 atom stereocenters. The Balaban J connectivity index is 1.81.